The molecule has 0 aliphatic rings. The molecule has 2 aromatic rings. The van der Waals surface area contributed by atoms with Crippen molar-refractivity contribution in [2.24, 2.45) is 5.92 Å². The van der Waals surface area contributed by atoms with Crippen LogP contribution in [0.3, 0.4) is 0 Å². The molecule has 0 bridgehead atoms. The lowest BCUT2D eigenvalue weighted by atomic mass is 9.99. The molecular formula is C16H22NO3+. The predicted molar refractivity (Wildman–Crippen MR) is 76.7 cm³/mol. The SMILES string of the molecule is CCCCC(CC)C[n+]1c(C(=O)O)oc2ccccc21. The Labute approximate surface area is 119 Å². The maximum Gasteiger partial charge on any atom is 0.462 e. The number of aromatic nitrogens is 1. The van der Waals surface area contributed by atoms with E-state index in [1.54, 1.807) is 0 Å². The topological polar surface area (TPSA) is 54.3 Å². The maximum atomic E-state index is 11.4. The summed E-state index contributed by atoms with van der Waals surface area (Å²) in [5.74, 6) is -0.494. The van der Waals surface area contributed by atoms with Gasteiger partial charge < -0.3 is 9.52 Å². The van der Waals surface area contributed by atoms with Crippen LogP contribution in [0.1, 0.15) is 50.2 Å². The highest BCUT2D eigenvalue weighted by atomic mass is 16.4. The Morgan fingerprint density at radius 2 is 2.10 bits per heavy atom. The monoisotopic (exact) mass is 276 g/mol. The largest absolute Gasteiger partial charge is 0.471 e. The zero-order chi connectivity index (χ0) is 14.5. The summed E-state index contributed by atoms with van der Waals surface area (Å²) in [6.45, 7) is 5.04. The van der Waals surface area contributed by atoms with Crippen LogP contribution < -0.4 is 4.57 Å². The van der Waals surface area contributed by atoms with Crippen LogP contribution in [0.2, 0.25) is 0 Å². The molecule has 0 amide bonds. The van der Waals surface area contributed by atoms with Crippen molar-refractivity contribution in [3.05, 3.63) is 30.2 Å². The molecule has 20 heavy (non-hydrogen) atoms. The third-order valence-corrected chi connectivity index (χ3v) is 3.77. The van der Waals surface area contributed by atoms with Crippen molar-refractivity contribution in [3.63, 3.8) is 0 Å². The van der Waals surface area contributed by atoms with E-state index in [-0.39, 0.29) is 5.89 Å². The van der Waals surface area contributed by atoms with Crippen LogP contribution in [0.5, 0.6) is 0 Å². The van der Waals surface area contributed by atoms with E-state index in [1.165, 1.54) is 12.8 Å². The number of carbonyl (C=O) groups is 1. The lowest BCUT2D eigenvalue weighted by Gasteiger charge is -2.09. The second-order valence-corrected chi connectivity index (χ2v) is 5.21. The van der Waals surface area contributed by atoms with Gasteiger partial charge in [-0.3, -0.25) is 0 Å². The molecule has 0 saturated carbocycles. The van der Waals surface area contributed by atoms with Gasteiger partial charge in [0.2, 0.25) is 5.58 Å². The fourth-order valence-corrected chi connectivity index (χ4v) is 2.55. The fraction of sp³-hybridized carbons (Fsp3) is 0.500. The molecule has 0 radical (unpaired) electrons. The number of carboxylic acid groups (broad SMARTS) is 1. The Morgan fingerprint density at radius 3 is 2.75 bits per heavy atom. The number of hydrogen-bond acceptors (Lipinski definition) is 2. The normalized spacial score (nSPS) is 12.7. The molecule has 2 rings (SSSR count). The lowest BCUT2D eigenvalue weighted by molar-refractivity contribution is -0.685. The van der Waals surface area contributed by atoms with Gasteiger partial charge in [-0.2, -0.15) is 0 Å². The minimum absolute atomic E-state index is 0.0288. The third-order valence-electron chi connectivity index (χ3n) is 3.77. The van der Waals surface area contributed by atoms with Gasteiger partial charge in [-0.05, 0) is 18.9 Å². The first-order valence-corrected chi connectivity index (χ1v) is 7.32. The van der Waals surface area contributed by atoms with E-state index in [0.717, 1.165) is 18.4 Å². The van der Waals surface area contributed by atoms with Crippen LogP contribution >= 0.6 is 0 Å². The van der Waals surface area contributed by atoms with E-state index < -0.39 is 5.97 Å². The summed E-state index contributed by atoms with van der Waals surface area (Å²) in [6, 6.07) is 7.49. The molecule has 1 N–H and O–H groups in total. The highest BCUT2D eigenvalue weighted by Crippen LogP contribution is 2.18. The second-order valence-electron chi connectivity index (χ2n) is 5.21. The molecule has 1 aromatic carbocycles. The van der Waals surface area contributed by atoms with E-state index in [9.17, 15) is 9.90 Å². The Morgan fingerprint density at radius 1 is 1.35 bits per heavy atom. The summed E-state index contributed by atoms with van der Waals surface area (Å²) in [5, 5.41) is 9.31. The Bertz CT molecular complexity index is 588. The van der Waals surface area contributed by atoms with Crippen LogP contribution in [-0.4, -0.2) is 11.1 Å². The van der Waals surface area contributed by atoms with Gasteiger partial charge in [0.05, 0.1) is 0 Å². The molecule has 1 aromatic heterocycles. The summed E-state index contributed by atoms with van der Waals surface area (Å²) in [6.07, 6.45) is 4.51. The van der Waals surface area contributed by atoms with Crippen LogP contribution in [0.4, 0.5) is 0 Å². The number of benzene rings is 1. The van der Waals surface area contributed by atoms with E-state index >= 15 is 0 Å². The standard InChI is InChI=1S/C16H21NO3/c1-3-5-8-12(4-2)11-17-13-9-6-7-10-14(13)20-15(17)16(18)19/h6-7,9-10,12H,3-5,8,11H2,1-2H3/p+1. The van der Waals surface area contributed by atoms with Crippen molar-refractivity contribution in [3.8, 4) is 0 Å². The zero-order valence-corrected chi connectivity index (χ0v) is 12.1. The average Bonchev–Trinajstić information content (AvgIpc) is 2.82. The number of aromatic carboxylic acids is 1. The molecule has 0 aliphatic heterocycles. The van der Waals surface area contributed by atoms with Gasteiger partial charge in [-0.25, -0.2) is 4.79 Å². The molecule has 1 atom stereocenters. The van der Waals surface area contributed by atoms with Gasteiger partial charge >= 0.3 is 11.9 Å². The molecular weight excluding hydrogens is 254 g/mol. The summed E-state index contributed by atoms with van der Waals surface area (Å²) < 4.78 is 7.28. The van der Waals surface area contributed by atoms with Crippen LogP contribution in [-0.2, 0) is 6.54 Å². The van der Waals surface area contributed by atoms with Crippen molar-refractivity contribution < 1.29 is 18.9 Å². The highest BCUT2D eigenvalue weighted by Gasteiger charge is 2.30. The highest BCUT2D eigenvalue weighted by molar-refractivity contribution is 5.83. The Balaban J connectivity index is 2.35. The van der Waals surface area contributed by atoms with Crippen LogP contribution in [0.25, 0.3) is 11.1 Å². The Kier molecular flexibility index (Phi) is 4.77. The minimum atomic E-state index is -1.01. The van der Waals surface area contributed by atoms with Crippen molar-refractivity contribution in [2.75, 3.05) is 0 Å². The minimum Gasteiger partial charge on any atom is -0.471 e. The predicted octanol–water partition coefficient (Wildman–Crippen LogP) is 3.63. The number of carboxylic acids is 1. The number of para-hydroxylation sites is 2. The van der Waals surface area contributed by atoms with Gasteiger partial charge in [0.15, 0.2) is 6.54 Å². The first kappa shape index (κ1) is 14.6. The summed E-state index contributed by atoms with van der Waals surface area (Å²) in [7, 11) is 0. The number of unbranched alkanes of at least 4 members (excludes halogenated alkanes) is 1. The van der Waals surface area contributed by atoms with E-state index in [4.69, 9.17) is 4.42 Å². The third kappa shape index (κ3) is 3.00. The first-order valence-electron chi connectivity index (χ1n) is 7.32. The molecule has 108 valence electrons. The van der Waals surface area contributed by atoms with Crippen molar-refractivity contribution in [1.82, 2.24) is 0 Å². The Hall–Kier alpha value is -1.84. The van der Waals surface area contributed by atoms with E-state index in [0.29, 0.717) is 18.0 Å². The summed E-state index contributed by atoms with van der Waals surface area (Å²) >= 11 is 0. The molecule has 0 spiro atoms. The average molecular weight is 276 g/mol. The molecule has 1 heterocycles. The molecule has 0 fully saturated rings. The molecule has 0 saturated heterocycles. The van der Waals surface area contributed by atoms with Gasteiger partial charge in [0, 0.05) is 12.0 Å². The first-order chi connectivity index (χ1) is 9.67. The number of oxazole rings is 1. The molecule has 4 nitrogen and oxygen atoms in total. The van der Waals surface area contributed by atoms with Gasteiger partial charge in [0.1, 0.15) is 0 Å². The van der Waals surface area contributed by atoms with Gasteiger partial charge in [-0.15, -0.1) is 4.57 Å². The summed E-state index contributed by atoms with van der Waals surface area (Å²) in [5.41, 5.74) is 1.50. The fourth-order valence-electron chi connectivity index (χ4n) is 2.55. The van der Waals surface area contributed by atoms with Crippen LogP contribution in [0, 0.1) is 5.92 Å². The van der Waals surface area contributed by atoms with E-state index in [2.05, 4.69) is 13.8 Å². The second kappa shape index (κ2) is 6.55. The van der Waals surface area contributed by atoms with Crippen molar-refractivity contribution in [1.29, 1.82) is 0 Å². The number of hydrogen-bond donors (Lipinski definition) is 1. The number of nitrogens with zero attached hydrogens (tertiary/aromatic N) is 1. The molecule has 1 unspecified atom stereocenters. The van der Waals surface area contributed by atoms with Gasteiger partial charge in [0.25, 0.3) is 5.52 Å². The molecule has 0 aliphatic carbocycles. The van der Waals surface area contributed by atoms with E-state index in [1.807, 2.05) is 28.8 Å². The summed E-state index contributed by atoms with van der Waals surface area (Å²) in [4.78, 5) is 11.4. The molecule has 4 heteroatoms. The zero-order valence-electron chi connectivity index (χ0n) is 12.1. The van der Waals surface area contributed by atoms with Crippen molar-refractivity contribution >= 4 is 17.1 Å². The maximum absolute atomic E-state index is 11.4. The lowest BCUT2D eigenvalue weighted by Crippen LogP contribution is -2.41. The van der Waals surface area contributed by atoms with Gasteiger partial charge in [-0.1, -0.05) is 38.8 Å². The van der Waals surface area contributed by atoms with Crippen molar-refractivity contribution in [2.45, 2.75) is 46.1 Å². The van der Waals surface area contributed by atoms with Crippen LogP contribution in [0.15, 0.2) is 28.7 Å². The quantitative estimate of drug-likeness (QED) is 0.786. The smallest absolute Gasteiger partial charge is 0.462 e. The number of rotatable bonds is 7. The number of fused-ring (bicyclic) bond motifs is 1.